The van der Waals surface area contributed by atoms with Crippen LogP contribution in [0.2, 0.25) is 0 Å². The van der Waals surface area contributed by atoms with Crippen LogP contribution in [0, 0.1) is 11.8 Å². The Morgan fingerprint density at radius 1 is 1.32 bits per heavy atom. The molecule has 0 saturated heterocycles. The highest BCUT2D eigenvalue weighted by Crippen LogP contribution is 2.30. The van der Waals surface area contributed by atoms with Crippen molar-refractivity contribution < 1.29 is 14.7 Å². The molecular weight excluding hydrogens is 278 g/mol. The standard InChI is InChI=1S/C18H25NO3/c1-13(11-14-5-2-3-6-14)18(22)19-16-8-4-7-15(12-16)9-10-17(20)21/h4,7-8,12-14H,2-3,5-6,9-11H2,1H3,(H,19,22)(H,20,21). The number of aliphatic carboxylic acids is 1. The Bertz CT molecular complexity index is 521. The van der Waals surface area contributed by atoms with E-state index in [1.165, 1.54) is 25.7 Å². The lowest BCUT2D eigenvalue weighted by molar-refractivity contribution is -0.137. The second-order valence-electron chi connectivity index (χ2n) is 6.37. The topological polar surface area (TPSA) is 66.4 Å². The highest BCUT2D eigenvalue weighted by atomic mass is 16.4. The van der Waals surface area contributed by atoms with Crippen LogP contribution < -0.4 is 5.32 Å². The number of carboxylic acids is 1. The molecule has 1 amide bonds. The number of aryl methyl sites for hydroxylation is 1. The van der Waals surface area contributed by atoms with E-state index in [4.69, 9.17) is 5.11 Å². The van der Waals surface area contributed by atoms with E-state index in [1.54, 1.807) is 0 Å². The second kappa shape index (κ2) is 7.97. The van der Waals surface area contributed by atoms with Crippen LogP contribution in [0.4, 0.5) is 5.69 Å². The third-order valence-electron chi connectivity index (χ3n) is 4.43. The number of nitrogens with one attached hydrogen (secondary N) is 1. The van der Waals surface area contributed by atoms with Crippen LogP contribution in [0.15, 0.2) is 24.3 Å². The monoisotopic (exact) mass is 303 g/mol. The van der Waals surface area contributed by atoms with Gasteiger partial charge < -0.3 is 10.4 Å². The Hall–Kier alpha value is -1.84. The Morgan fingerprint density at radius 3 is 2.73 bits per heavy atom. The molecule has 1 atom stereocenters. The lowest BCUT2D eigenvalue weighted by Gasteiger charge is -2.16. The van der Waals surface area contributed by atoms with E-state index in [1.807, 2.05) is 31.2 Å². The molecule has 4 nitrogen and oxygen atoms in total. The van der Waals surface area contributed by atoms with Gasteiger partial charge in [0.25, 0.3) is 0 Å². The van der Waals surface area contributed by atoms with Gasteiger partial charge in [-0.1, -0.05) is 44.7 Å². The van der Waals surface area contributed by atoms with Crippen LogP contribution in [0.1, 0.15) is 51.0 Å². The van der Waals surface area contributed by atoms with Gasteiger partial charge in [-0.2, -0.15) is 0 Å². The smallest absolute Gasteiger partial charge is 0.303 e. The molecule has 1 aliphatic carbocycles. The number of carboxylic acid groups (broad SMARTS) is 1. The van der Waals surface area contributed by atoms with E-state index in [0.717, 1.165) is 17.7 Å². The van der Waals surface area contributed by atoms with E-state index < -0.39 is 5.97 Å². The molecule has 0 bridgehead atoms. The normalized spacial score (nSPS) is 16.4. The number of carbonyl (C=O) groups excluding carboxylic acids is 1. The van der Waals surface area contributed by atoms with Crippen molar-refractivity contribution in [2.75, 3.05) is 5.32 Å². The van der Waals surface area contributed by atoms with Gasteiger partial charge in [0.2, 0.25) is 5.91 Å². The molecule has 1 aromatic rings. The summed E-state index contributed by atoms with van der Waals surface area (Å²) in [5.41, 5.74) is 1.69. The predicted molar refractivity (Wildman–Crippen MR) is 86.8 cm³/mol. The quantitative estimate of drug-likeness (QED) is 0.804. The van der Waals surface area contributed by atoms with Gasteiger partial charge in [-0.05, 0) is 36.5 Å². The van der Waals surface area contributed by atoms with Crippen LogP contribution in [-0.4, -0.2) is 17.0 Å². The number of rotatable bonds is 7. The van der Waals surface area contributed by atoms with Crippen LogP contribution >= 0.6 is 0 Å². The summed E-state index contributed by atoms with van der Waals surface area (Å²) in [6, 6.07) is 7.46. The van der Waals surface area contributed by atoms with Gasteiger partial charge in [0.15, 0.2) is 0 Å². The lowest BCUT2D eigenvalue weighted by atomic mass is 9.94. The molecule has 1 aromatic carbocycles. The molecule has 22 heavy (non-hydrogen) atoms. The second-order valence-corrected chi connectivity index (χ2v) is 6.37. The molecule has 1 fully saturated rings. The third kappa shape index (κ3) is 5.17. The molecule has 120 valence electrons. The summed E-state index contributed by atoms with van der Waals surface area (Å²) in [5, 5.41) is 11.7. The molecule has 0 aliphatic heterocycles. The van der Waals surface area contributed by atoms with Gasteiger partial charge in [-0.25, -0.2) is 0 Å². The van der Waals surface area contributed by atoms with Crippen molar-refractivity contribution in [2.45, 2.75) is 51.9 Å². The average Bonchev–Trinajstić information content (AvgIpc) is 2.98. The van der Waals surface area contributed by atoms with Crippen LogP contribution in [-0.2, 0) is 16.0 Å². The Morgan fingerprint density at radius 2 is 2.05 bits per heavy atom. The SMILES string of the molecule is CC(CC1CCCC1)C(=O)Nc1cccc(CCC(=O)O)c1. The van der Waals surface area contributed by atoms with Crippen molar-refractivity contribution in [1.82, 2.24) is 0 Å². The zero-order valence-corrected chi connectivity index (χ0v) is 13.2. The van der Waals surface area contributed by atoms with E-state index in [0.29, 0.717) is 12.3 Å². The fraction of sp³-hybridized carbons (Fsp3) is 0.556. The van der Waals surface area contributed by atoms with Crippen molar-refractivity contribution >= 4 is 17.6 Å². The summed E-state index contributed by atoms with van der Waals surface area (Å²) in [6.45, 7) is 1.99. The summed E-state index contributed by atoms with van der Waals surface area (Å²) >= 11 is 0. The lowest BCUT2D eigenvalue weighted by Crippen LogP contribution is -2.22. The zero-order valence-electron chi connectivity index (χ0n) is 13.2. The fourth-order valence-electron chi connectivity index (χ4n) is 3.17. The minimum Gasteiger partial charge on any atom is -0.481 e. The molecule has 1 unspecified atom stereocenters. The number of anilines is 1. The number of hydrogen-bond acceptors (Lipinski definition) is 2. The first-order valence-electron chi connectivity index (χ1n) is 8.16. The van der Waals surface area contributed by atoms with Crippen LogP contribution in [0.5, 0.6) is 0 Å². The summed E-state index contributed by atoms with van der Waals surface area (Å²) in [7, 11) is 0. The van der Waals surface area contributed by atoms with Crippen LogP contribution in [0.3, 0.4) is 0 Å². The Balaban J connectivity index is 1.87. The molecule has 4 heteroatoms. The van der Waals surface area contributed by atoms with Gasteiger partial charge >= 0.3 is 5.97 Å². The van der Waals surface area contributed by atoms with E-state index in [9.17, 15) is 9.59 Å². The minimum atomic E-state index is -0.806. The summed E-state index contributed by atoms with van der Waals surface area (Å²) in [5.74, 6) is -0.0321. The maximum absolute atomic E-state index is 12.3. The Labute approximate surface area is 131 Å². The van der Waals surface area contributed by atoms with Gasteiger partial charge in [0.05, 0.1) is 0 Å². The molecule has 0 aromatic heterocycles. The van der Waals surface area contributed by atoms with Gasteiger partial charge in [0, 0.05) is 18.0 Å². The maximum Gasteiger partial charge on any atom is 0.303 e. The minimum absolute atomic E-state index is 0.0192. The first kappa shape index (κ1) is 16.5. The van der Waals surface area contributed by atoms with Crippen LogP contribution in [0.25, 0.3) is 0 Å². The molecule has 1 saturated carbocycles. The third-order valence-corrected chi connectivity index (χ3v) is 4.43. The molecule has 2 rings (SSSR count). The first-order valence-corrected chi connectivity index (χ1v) is 8.16. The number of hydrogen-bond donors (Lipinski definition) is 2. The molecule has 0 heterocycles. The number of amides is 1. The van der Waals surface area contributed by atoms with E-state index >= 15 is 0 Å². The summed E-state index contributed by atoms with van der Waals surface area (Å²) in [4.78, 5) is 22.9. The fourth-order valence-corrected chi connectivity index (χ4v) is 3.17. The summed E-state index contributed by atoms with van der Waals surface area (Å²) < 4.78 is 0. The van der Waals surface area contributed by atoms with Gasteiger partial charge in [-0.3, -0.25) is 9.59 Å². The molecular formula is C18H25NO3. The molecule has 2 N–H and O–H groups in total. The van der Waals surface area contributed by atoms with Crippen molar-refractivity contribution in [3.05, 3.63) is 29.8 Å². The zero-order chi connectivity index (χ0) is 15.9. The maximum atomic E-state index is 12.3. The van der Waals surface area contributed by atoms with Crippen molar-refractivity contribution in [1.29, 1.82) is 0 Å². The Kier molecular flexibility index (Phi) is 5.99. The van der Waals surface area contributed by atoms with Gasteiger partial charge in [0.1, 0.15) is 0 Å². The molecule has 0 spiro atoms. The predicted octanol–water partition coefficient (Wildman–Crippen LogP) is 3.86. The highest BCUT2D eigenvalue weighted by molar-refractivity contribution is 5.92. The van der Waals surface area contributed by atoms with Crippen molar-refractivity contribution in [3.8, 4) is 0 Å². The first-order chi connectivity index (χ1) is 10.5. The van der Waals surface area contributed by atoms with E-state index in [-0.39, 0.29) is 18.2 Å². The molecule has 1 aliphatic rings. The van der Waals surface area contributed by atoms with E-state index in [2.05, 4.69) is 5.32 Å². The molecule has 0 radical (unpaired) electrons. The van der Waals surface area contributed by atoms with Crippen molar-refractivity contribution in [3.63, 3.8) is 0 Å². The highest BCUT2D eigenvalue weighted by Gasteiger charge is 2.21. The van der Waals surface area contributed by atoms with Gasteiger partial charge in [-0.15, -0.1) is 0 Å². The summed E-state index contributed by atoms with van der Waals surface area (Å²) in [6.07, 6.45) is 6.65. The largest absolute Gasteiger partial charge is 0.481 e. The van der Waals surface area contributed by atoms with Crippen molar-refractivity contribution in [2.24, 2.45) is 11.8 Å². The number of carbonyl (C=O) groups is 2. The average molecular weight is 303 g/mol. The number of benzene rings is 1.